The van der Waals surface area contributed by atoms with Gasteiger partial charge in [-0.05, 0) is 44.5 Å². The van der Waals surface area contributed by atoms with Crippen LogP contribution in [0.15, 0.2) is 18.3 Å². The largest absolute Gasteiger partial charge is 0.474 e. The van der Waals surface area contributed by atoms with Gasteiger partial charge in [0.15, 0.2) is 0 Å². The Hall–Kier alpha value is -1.30. The van der Waals surface area contributed by atoms with Crippen molar-refractivity contribution in [3.05, 3.63) is 23.9 Å². The third-order valence-corrected chi connectivity index (χ3v) is 2.88. The van der Waals surface area contributed by atoms with E-state index < -0.39 is 11.7 Å². The summed E-state index contributed by atoms with van der Waals surface area (Å²) in [5, 5.41) is 3.19. The zero-order valence-electron chi connectivity index (χ0n) is 9.83. The molecule has 0 amide bonds. The summed E-state index contributed by atoms with van der Waals surface area (Å²) in [5.74, 6) is -0.308. The molecule has 3 nitrogen and oxygen atoms in total. The SMILES string of the molecule is FC(F)(F)c1cccnc1OC1CCCNCC1. The lowest BCUT2D eigenvalue weighted by molar-refractivity contribution is -0.139. The van der Waals surface area contributed by atoms with Crippen molar-refractivity contribution in [2.45, 2.75) is 31.5 Å². The summed E-state index contributed by atoms with van der Waals surface area (Å²) in [5.41, 5.74) is -0.804. The van der Waals surface area contributed by atoms with Gasteiger partial charge in [-0.15, -0.1) is 0 Å². The average molecular weight is 260 g/mol. The number of hydrogen-bond donors (Lipinski definition) is 1. The smallest absolute Gasteiger partial charge is 0.421 e. The molecule has 1 N–H and O–H groups in total. The lowest BCUT2D eigenvalue weighted by Gasteiger charge is -2.18. The number of alkyl halides is 3. The summed E-state index contributed by atoms with van der Waals surface area (Å²) in [6.45, 7) is 1.65. The van der Waals surface area contributed by atoms with Gasteiger partial charge in [-0.1, -0.05) is 0 Å². The molecule has 0 aromatic carbocycles. The summed E-state index contributed by atoms with van der Waals surface area (Å²) >= 11 is 0. The number of nitrogens with zero attached hydrogens (tertiary/aromatic N) is 1. The van der Waals surface area contributed by atoms with E-state index in [4.69, 9.17) is 4.74 Å². The molecule has 0 aliphatic carbocycles. The Bertz CT molecular complexity index is 387. The standard InChI is InChI=1S/C12H15F3N2O/c13-12(14,15)10-4-2-7-17-11(10)18-9-3-1-6-16-8-5-9/h2,4,7,9,16H,1,3,5-6,8H2. The van der Waals surface area contributed by atoms with Gasteiger partial charge in [0, 0.05) is 6.20 Å². The van der Waals surface area contributed by atoms with Crippen molar-refractivity contribution in [1.29, 1.82) is 0 Å². The molecule has 1 aliphatic rings. The minimum absolute atomic E-state index is 0.198. The molecule has 1 aromatic heterocycles. The molecule has 0 bridgehead atoms. The van der Waals surface area contributed by atoms with Crippen LogP contribution in [0.4, 0.5) is 13.2 Å². The zero-order valence-corrected chi connectivity index (χ0v) is 9.83. The van der Waals surface area contributed by atoms with Crippen LogP contribution in [0.25, 0.3) is 0 Å². The zero-order chi connectivity index (χ0) is 13.0. The van der Waals surface area contributed by atoms with Crippen molar-refractivity contribution in [2.24, 2.45) is 0 Å². The molecule has 0 radical (unpaired) electrons. The van der Waals surface area contributed by atoms with Crippen LogP contribution in [0.3, 0.4) is 0 Å². The molecule has 1 aromatic rings. The average Bonchev–Trinajstić information content (AvgIpc) is 2.57. The van der Waals surface area contributed by atoms with Crippen LogP contribution in [-0.4, -0.2) is 24.2 Å². The van der Waals surface area contributed by atoms with E-state index in [-0.39, 0.29) is 12.0 Å². The third-order valence-electron chi connectivity index (χ3n) is 2.88. The first-order chi connectivity index (χ1) is 8.57. The fourth-order valence-corrected chi connectivity index (χ4v) is 1.96. The van der Waals surface area contributed by atoms with Gasteiger partial charge in [0.25, 0.3) is 0 Å². The van der Waals surface area contributed by atoms with Gasteiger partial charge < -0.3 is 10.1 Å². The Morgan fingerprint density at radius 3 is 2.89 bits per heavy atom. The molecule has 0 spiro atoms. The lowest BCUT2D eigenvalue weighted by atomic mass is 10.1. The molecule has 0 saturated carbocycles. The topological polar surface area (TPSA) is 34.1 Å². The van der Waals surface area contributed by atoms with Gasteiger partial charge in [-0.3, -0.25) is 0 Å². The maximum absolute atomic E-state index is 12.8. The summed E-state index contributed by atoms with van der Waals surface area (Å²) in [4.78, 5) is 3.71. The van der Waals surface area contributed by atoms with Crippen molar-refractivity contribution >= 4 is 0 Å². The van der Waals surface area contributed by atoms with E-state index in [1.807, 2.05) is 0 Å². The predicted octanol–water partition coefficient (Wildman–Crippen LogP) is 2.62. The number of aromatic nitrogens is 1. The summed E-state index contributed by atoms with van der Waals surface area (Å²) in [6.07, 6.45) is -0.948. The first-order valence-electron chi connectivity index (χ1n) is 5.97. The Kier molecular flexibility index (Phi) is 4.06. The van der Waals surface area contributed by atoms with Crippen LogP contribution >= 0.6 is 0 Å². The Balaban J connectivity index is 2.13. The minimum Gasteiger partial charge on any atom is -0.474 e. The van der Waals surface area contributed by atoms with Gasteiger partial charge in [-0.2, -0.15) is 13.2 Å². The molecule has 1 saturated heterocycles. The normalized spacial score (nSPS) is 21.4. The Labute approximate surface area is 103 Å². The summed E-state index contributed by atoms with van der Waals surface area (Å²) in [7, 11) is 0. The molecule has 6 heteroatoms. The lowest BCUT2D eigenvalue weighted by Crippen LogP contribution is -2.21. The molecule has 1 aliphatic heterocycles. The van der Waals surface area contributed by atoms with E-state index >= 15 is 0 Å². The van der Waals surface area contributed by atoms with Crippen molar-refractivity contribution in [3.63, 3.8) is 0 Å². The second-order valence-corrected chi connectivity index (χ2v) is 4.27. The number of nitrogens with one attached hydrogen (secondary N) is 1. The van der Waals surface area contributed by atoms with Gasteiger partial charge in [-0.25, -0.2) is 4.98 Å². The highest BCUT2D eigenvalue weighted by Gasteiger charge is 2.35. The van der Waals surface area contributed by atoms with Crippen molar-refractivity contribution in [1.82, 2.24) is 10.3 Å². The van der Waals surface area contributed by atoms with Gasteiger partial charge in [0.1, 0.15) is 11.7 Å². The number of halogens is 3. The van der Waals surface area contributed by atoms with Gasteiger partial charge in [0.2, 0.25) is 5.88 Å². The van der Waals surface area contributed by atoms with Crippen LogP contribution in [0, 0.1) is 0 Å². The molecular formula is C12H15F3N2O. The number of ether oxygens (including phenoxy) is 1. The highest BCUT2D eigenvalue weighted by atomic mass is 19.4. The molecule has 1 fully saturated rings. The molecule has 1 atom stereocenters. The van der Waals surface area contributed by atoms with E-state index in [9.17, 15) is 13.2 Å². The highest BCUT2D eigenvalue weighted by Crippen LogP contribution is 2.35. The summed E-state index contributed by atoms with van der Waals surface area (Å²) in [6, 6.07) is 2.27. The van der Waals surface area contributed by atoms with E-state index in [1.165, 1.54) is 12.3 Å². The van der Waals surface area contributed by atoms with E-state index in [2.05, 4.69) is 10.3 Å². The second-order valence-electron chi connectivity index (χ2n) is 4.27. The second kappa shape index (κ2) is 5.56. The molecule has 2 heterocycles. The predicted molar refractivity (Wildman–Crippen MR) is 60.4 cm³/mol. The molecule has 1 unspecified atom stereocenters. The van der Waals surface area contributed by atoms with Gasteiger partial charge >= 0.3 is 6.18 Å². The van der Waals surface area contributed by atoms with E-state index in [0.29, 0.717) is 6.42 Å². The Morgan fingerprint density at radius 1 is 1.28 bits per heavy atom. The monoisotopic (exact) mass is 260 g/mol. The van der Waals surface area contributed by atoms with Crippen molar-refractivity contribution in [2.75, 3.05) is 13.1 Å². The number of hydrogen-bond acceptors (Lipinski definition) is 3. The van der Waals surface area contributed by atoms with Crippen LogP contribution in [0.5, 0.6) is 5.88 Å². The summed E-state index contributed by atoms with van der Waals surface area (Å²) < 4.78 is 43.7. The molecular weight excluding hydrogens is 245 g/mol. The fourth-order valence-electron chi connectivity index (χ4n) is 1.96. The maximum atomic E-state index is 12.8. The maximum Gasteiger partial charge on any atom is 0.421 e. The first-order valence-corrected chi connectivity index (χ1v) is 5.97. The van der Waals surface area contributed by atoms with Crippen molar-refractivity contribution in [3.8, 4) is 5.88 Å². The first kappa shape index (κ1) is 13.1. The minimum atomic E-state index is -4.42. The molecule has 2 rings (SSSR count). The van der Waals surface area contributed by atoms with Crippen LogP contribution < -0.4 is 10.1 Å². The highest BCUT2D eigenvalue weighted by molar-refractivity contribution is 5.28. The van der Waals surface area contributed by atoms with E-state index in [0.717, 1.165) is 32.0 Å². The number of rotatable bonds is 2. The van der Waals surface area contributed by atoms with Gasteiger partial charge in [0.05, 0.1) is 0 Å². The number of pyridine rings is 1. The van der Waals surface area contributed by atoms with Crippen LogP contribution in [0.2, 0.25) is 0 Å². The third kappa shape index (κ3) is 3.35. The molecule has 18 heavy (non-hydrogen) atoms. The Morgan fingerprint density at radius 2 is 2.11 bits per heavy atom. The van der Waals surface area contributed by atoms with Crippen LogP contribution in [0.1, 0.15) is 24.8 Å². The fraction of sp³-hybridized carbons (Fsp3) is 0.583. The quantitative estimate of drug-likeness (QED) is 0.887. The van der Waals surface area contributed by atoms with Crippen LogP contribution in [-0.2, 0) is 6.18 Å². The van der Waals surface area contributed by atoms with Crippen molar-refractivity contribution < 1.29 is 17.9 Å². The van der Waals surface area contributed by atoms with E-state index in [1.54, 1.807) is 0 Å². The molecule has 100 valence electrons.